The van der Waals surface area contributed by atoms with E-state index in [0.717, 1.165) is 26.9 Å². The molecule has 0 unspecified atom stereocenters. The molecule has 0 radical (unpaired) electrons. The predicted octanol–water partition coefficient (Wildman–Crippen LogP) is 4.14. The number of para-hydroxylation sites is 1. The summed E-state index contributed by atoms with van der Waals surface area (Å²) in [7, 11) is 0. The van der Waals surface area contributed by atoms with E-state index < -0.39 is 0 Å². The fourth-order valence-corrected chi connectivity index (χ4v) is 2.16. The summed E-state index contributed by atoms with van der Waals surface area (Å²) >= 11 is 3.47. The van der Waals surface area contributed by atoms with Crippen LogP contribution in [0.1, 0.15) is 0 Å². The molecule has 0 aliphatic heterocycles. The van der Waals surface area contributed by atoms with E-state index in [9.17, 15) is 0 Å². The number of benzene rings is 1. The lowest BCUT2D eigenvalue weighted by molar-refractivity contribution is 1.29. The van der Waals surface area contributed by atoms with Gasteiger partial charge in [0.05, 0.1) is 15.7 Å². The minimum absolute atomic E-state index is 0.788. The number of hydrogen-bond donors (Lipinski definition) is 1. The summed E-state index contributed by atoms with van der Waals surface area (Å²) in [6, 6.07) is 13.9. The third kappa shape index (κ3) is 2.07. The van der Waals surface area contributed by atoms with Crippen molar-refractivity contribution in [3.63, 3.8) is 0 Å². The van der Waals surface area contributed by atoms with Crippen LogP contribution in [-0.2, 0) is 0 Å². The van der Waals surface area contributed by atoms with Gasteiger partial charge in [-0.3, -0.25) is 4.98 Å². The Hall–Kier alpha value is -1.94. The van der Waals surface area contributed by atoms with Gasteiger partial charge in [0, 0.05) is 17.8 Å². The Kier molecular flexibility index (Phi) is 2.94. The number of pyridine rings is 2. The van der Waals surface area contributed by atoms with Gasteiger partial charge < -0.3 is 5.32 Å². The van der Waals surface area contributed by atoms with E-state index in [-0.39, 0.29) is 0 Å². The third-order valence-electron chi connectivity index (χ3n) is 2.64. The summed E-state index contributed by atoms with van der Waals surface area (Å²) in [5.41, 5.74) is 1.89. The van der Waals surface area contributed by atoms with Crippen molar-refractivity contribution in [1.82, 2.24) is 9.97 Å². The van der Waals surface area contributed by atoms with Crippen LogP contribution in [0.5, 0.6) is 0 Å². The highest BCUT2D eigenvalue weighted by Gasteiger charge is 2.04. The summed E-state index contributed by atoms with van der Waals surface area (Å²) in [6.45, 7) is 0. The summed E-state index contributed by atoms with van der Waals surface area (Å²) < 4.78 is 0.929. The van der Waals surface area contributed by atoms with Crippen molar-refractivity contribution in [1.29, 1.82) is 0 Å². The summed E-state index contributed by atoms with van der Waals surface area (Å²) in [6.07, 6.45) is 3.55. The molecule has 3 nitrogen and oxygen atoms in total. The summed E-state index contributed by atoms with van der Waals surface area (Å²) in [4.78, 5) is 8.70. The molecular weight excluding hydrogens is 290 g/mol. The highest BCUT2D eigenvalue weighted by atomic mass is 79.9. The third-order valence-corrected chi connectivity index (χ3v) is 3.28. The fraction of sp³-hybridized carbons (Fsp3) is 0. The van der Waals surface area contributed by atoms with Crippen molar-refractivity contribution in [3.8, 4) is 0 Å². The number of anilines is 2. The molecule has 0 bridgehead atoms. The second-order valence-corrected chi connectivity index (χ2v) is 4.69. The number of nitrogens with one attached hydrogen (secondary N) is 1. The second kappa shape index (κ2) is 4.74. The van der Waals surface area contributed by atoms with Crippen molar-refractivity contribution < 1.29 is 0 Å². The Morgan fingerprint density at radius 1 is 0.889 bits per heavy atom. The topological polar surface area (TPSA) is 37.8 Å². The van der Waals surface area contributed by atoms with Crippen molar-refractivity contribution in [2.75, 3.05) is 5.32 Å². The van der Waals surface area contributed by atoms with Crippen LogP contribution in [0, 0.1) is 0 Å². The first-order valence-electron chi connectivity index (χ1n) is 5.56. The van der Waals surface area contributed by atoms with E-state index >= 15 is 0 Å². The van der Waals surface area contributed by atoms with Crippen LogP contribution in [0.25, 0.3) is 10.9 Å². The van der Waals surface area contributed by atoms with Crippen molar-refractivity contribution in [3.05, 3.63) is 59.3 Å². The number of rotatable bonds is 2. The van der Waals surface area contributed by atoms with Crippen LogP contribution in [-0.4, -0.2) is 9.97 Å². The molecule has 0 saturated heterocycles. The Morgan fingerprint density at radius 2 is 1.67 bits per heavy atom. The van der Waals surface area contributed by atoms with Gasteiger partial charge in [-0.05, 0) is 40.2 Å². The van der Waals surface area contributed by atoms with Gasteiger partial charge >= 0.3 is 0 Å². The van der Waals surface area contributed by atoms with E-state index in [1.165, 1.54) is 0 Å². The lowest BCUT2D eigenvalue weighted by atomic mass is 10.2. The Bertz CT molecular complexity index is 692. The maximum atomic E-state index is 4.40. The van der Waals surface area contributed by atoms with Crippen LogP contribution >= 0.6 is 15.9 Å². The molecule has 18 heavy (non-hydrogen) atoms. The number of aromatic nitrogens is 2. The molecule has 0 aliphatic rings. The molecule has 3 aromatic rings. The highest BCUT2D eigenvalue weighted by Crippen LogP contribution is 2.27. The fourth-order valence-electron chi connectivity index (χ4n) is 1.81. The van der Waals surface area contributed by atoms with E-state index in [0.29, 0.717) is 0 Å². The van der Waals surface area contributed by atoms with Crippen LogP contribution in [0.4, 0.5) is 11.5 Å². The number of halogens is 1. The average Bonchev–Trinajstić information content (AvgIpc) is 2.42. The Balaban J connectivity index is 2.08. The number of fused-ring (bicyclic) bond motifs is 1. The Morgan fingerprint density at radius 3 is 2.56 bits per heavy atom. The minimum Gasteiger partial charge on any atom is -0.338 e. The normalized spacial score (nSPS) is 10.5. The average molecular weight is 300 g/mol. The van der Waals surface area contributed by atoms with E-state index in [1.807, 2.05) is 42.5 Å². The van der Waals surface area contributed by atoms with E-state index in [1.54, 1.807) is 12.4 Å². The van der Waals surface area contributed by atoms with Crippen LogP contribution in [0.15, 0.2) is 59.3 Å². The molecule has 0 amide bonds. The van der Waals surface area contributed by atoms with E-state index in [4.69, 9.17) is 0 Å². The molecule has 1 aromatic carbocycles. The molecule has 0 atom stereocenters. The van der Waals surface area contributed by atoms with Gasteiger partial charge in [-0.15, -0.1) is 0 Å². The molecule has 3 rings (SSSR count). The number of hydrogen-bond acceptors (Lipinski definition) is 3. The maximum absolute atomic E-state index is 4.40. The van der Waals surface area contributed by atoms with Gasteiger partial charge in [0.25, 0.3) is 0 Å². The molecule has 2 aromatic heterocycles. The molecule has 0 aliphatic carbocycles. The summed E-state index contributed by atoms with van der Waals surface area (Å²) in [5.74, 6) is 0.788. The molecule has 0 fully saturated rings. The van der Waals surface area contributed by atoms with Gasteiger partial charge in [-0.2, -0.15) is 0 Å². The van der Waals surface area contributed by atoms with Gasteiger partial charge in [0.2, 0.25) is 0 Å². The Labute approximate surface area is 113 Å². The lowest BCUT2D eigenvalue weighted by Gasteiger charge is -2.09. The molecular formula is C14H10BrN3. The smallest absolute Gasteiger partial charge is 0.144 e. The molecule has 0 spiro atoms. The first-order valence-corrected chi connectivity index (χ1v) is 6.35. The molecule has 4 heteroatoms. The van der Waals surface area contributed by atoms with Crippen LogP contribution < -0.4 is 5.32 Å². The van der Waals surface area contributed by atoms with Crippen LogP contribution in [0.3, 0.4) is 0 Å². The number of nitrogens with zero attached hydrogens (tertiary/aromatic N) is 2. The maximum Gasteiger partial charge on any atom is 0.144 e. The highest BCUT2D eigenvalue weighted by molar-refractivity contribution is 9.10. The molecule has 1 N–H and O–H groups in total. The summed E-state index contributed by atoms with van der Waals surface area (Å²) in [5, 5.41) is 4.40. The standard InChI is InChI=1S/C14H10BrN3/c15-11-6-3-9-17-14(11)18-12-7-1-4-10-5-2-8-16-13(10)12/h1-9H,(H,17,18). The second-order valence-electron chi connectivity index (χ2n) is 3.84. The van der Waals surface area contributed by atoms with Crippen molar-refractivity contribution >= 4 is 38.3 Å². The molecule has 2 heterocycles. The zero-order valence-electron chi connectivity index (χ0n) is 9.47. The van der Waals surface area contributed by atoms with Crippen LogP contribution in [0.2, 0.25) is 0 Å². The van der Waals surface area contributed by atoms with Gasteiger partial charge in [-0.25, -0.2) is 4.98 Å². The predicted molar refractivity (Wildman–Crippen MR) is 77.0 cm³/mol. The first kappa shape index (κ1) is 11.2. The van der Waals surface area contributed by atoms with E-state index in [2.05, 4.69) is 31.2 Å². The first-order chi connectivity index (χ1) is 8.84. The minimum atomic E-state index is 0.788. The lowest BCUT2D eigenvalue weighted by Crippen LogP contribution is -1.95. The zero-order chi connectivity index (χ0) is 12.4. The SMILES string of the molecule is Brc1cccnc1Nc1cccc2cccnc12. The van der Waals surface area contributed by atoms with Crippen molar-refractivity contribution in [2.24, 2.45) is 0 Å². The van der Waals surface area contributed by atoms with Gasteiger partial charge in [0.1, 0.15) is 5.82 Å². The van der Waals surface area contributed by atoms with Gasteiger partial charge in [0.15, 0.2) is 0 Å². The monoisotopic (exact) mass is 299 g/mol. The quantitative estimate of drug-likeness (QED) is 0.773. The van der Waals surface area contributed by atoms with Gasteiger partial charge in [-0.1, -0.05) is 18.2 Å². The zero-order valence-corrected chi connectivity index (χ0v) is 11.1. The molecule has 0 saturated carbocycles. The van der Waals surface area contributed by atoms with Crippen molar-refractivity contribution in [2.45, 2.75) is 0 Å². The largest absolute Gasteiger partial charge is 0.338 e. The molecule has 88 valence electrons.